The molecule has 2 bridgehead atoms. The minimum atomic E-state index is -4.61. The summed E-state index contributed by atoms with van der Waals surface area (Å²) >= 11 is 5.68. The lowest BCUT2D eigenvalue weighted by Crippen LogP contribution is -2.50. The number of carbonyl (C=O) groups is 1. The topological polar surface area (TPSA) is 70.6 Å². The second-order valence-electron chi connectivity index (χ2n) is 9.35. The number of rotatable bonds is 3. The van der Waals surface area contributed by atoms with Crippen LogP contribution >= 0.6 is 11.6 Å². The molecule has 1 aromatic heterocycles. The molecule has 0 spiro atoms. The first kappa shape index (κ1) is 23.4. The van der Waals surface area contributed by atoms with Gasteiger partial charge in [-0.25, -0.2) is 14.8 Å². The van der Waals surface area contributed by atoms with E-state index in [1.807, 2.05) is 45.9 Å². The Bertz CT molecular complexity index is 1070. The van der Waals surface area contributed by atoms with E-state index in [9.17, 15) is 18.0 Å². The van der Waals surface area contributed by atoms with Crippen molar-refractivity contribution in [1.29, 1.82) is 0 Å². The van der Waals surface area contributed by atoms with Crippen molar-refractivity contribution < 1.29 is 22.7 Å². The number of piperazine rings is 1. The van der Waals surface area contributed by atoms with Crippen molar-refractivity contribution in [3.05, 3.63) is 40.7 Å². The molecular formula is C22H25ClF3N5O2. The number of amides is 1. The fourth-order valence-corrected chi connectivity index (χ4v) is 4.46. The molecule has 2 fully saturated rings. The molecule has 0 aliphatic carbocycles. The van der Waals surface area contributed by atoms with E-state index in [4.69, 9.17) is 16.3 Å². The van der Waals surface area contributed by atoms with Crippen LogP contribution in [0, 0.1) is 6.92 Å². The molecule has 1 amide bonds. The molecule has 2 aromatic rings. The van der Waals surface area contributed by atoms with E-state index >= 15 is 0 Å². The minimum absolute atomic E-state index is 0.0166. The van der Waals surface area contributed by atoms with E-state index < -0.39 is 22.5 Å². The zero-order valence-corrected chi connectivity index (χ0v) is 19.5. The van der Waals surface area contributed by atoms with E-state index in [1.165, 1.54) is 0 Å². The van der Waals surface area contributed by atoms with Crippen LogP contribution in [-0.2, 0) is 10.9 Å². The van der Waals surface area contributed by atoms with Crippen molar-refractivity contribution in [3.63, 3.8) is 0 Å². The predicted octanol–water partition coefficient (Wildman–Crippen LogP) is 5.40. The van der Waals surface area contributed by atoms with Gasteiger partial charge < -0.3 is 19.9 Å². The Kier molecular flexibility index (Phi) is 5.84. The first-order valence-corrected chi connectivity index (χ1v) is 10.9. The molecule has 4 rings (SSSR count). The highest BCUT2D eigenvalue weighted by atomic mass is 35.5. The lowest BCUT2D eigenvalue weighted by Gasteiger charge is -2.36. The van der Waals surface area contributed by atoms with Crippen LogP contribution in [0.3, 0.4) is 0 Å². The van der Waals surface area contributed by atoms with Gasteiger partial charge in [-0.3, -0.25) is 0 Å². The summed E-state index contributed by atoms with van der Waals surface area (Å²) in [5, 5.41) is 2.27. The van der Waals surface area contributed by atoms with Gasteiger partial charge >= 0.3 is 12.3 Å². The van der Waals surface area contributed by atoms with Gasteiger partial charge in [-0.15, -0.1) is 0 Å². The number of nitrogens with one attached hydrogen (secondary N) is 1. The number of carbonyl (C=O) groups excluding carboxylic acids is 1. The molecule has 0 unspecified atom stereocenters. The number of fused-ring (bicyclic) bond motifs is 2. The number of halogens is 4. The number of hydrogen-bond acceptors (Lipinski definition) is 6. The van der Waals surface area contributed by atoms with Crippen molar-refractivity contribution in [2.75, 3.05) is 23.3 Å². The normalized spacial score (nSPS) is 20.4. The van der Waals surface area contributed by atoms with Crippen molar-refractivity contribution in [1.82, 2.24) is 14.9 Å². The Morgan fingerprint density at radius 2 is 1.94 bits per heavy atom. The maximum Gasteiger partial charge on any atom is 0.420 e. The van der Waals surface area contributed by atoms with Gasteiger partial charge in [0.2, 0.25) is 5.95 Å². The molecule has 1 aromatic carbocycles. The molecule has 0 saturated carbocycles. The SMILES string of the molecule is Cc1cc(N2C[C@H]3C[C@@H]2CN3C(=O)OC(C)(C)C)ccc1Nc1ncc(C(F)(F)F)c(Cl)n1. The second-order valence-corrected chi connectivity index (χ2v) is 9.71. The predicted molar refractivity (Wildman–Crippen MR) is 119 cm³/mol. The molecule has 33 heavy (non-hydrogen) atoms. The van der Waals surface area contributed by atoms with Gasteiger partial charge in [-0.1, -0.05) is 11.6 Å². The van der Waals surface area contributed by atoms with Crippen LogP contribution < -0.4 is 10.2 Å². The monoisotopic (exact) mass is 483 g/mol. The quantitative estimate of drug-likeness (QED) is 0.589. The number of benzene rings is 1. The number of likely N-dealkylation sites (tertiary alicyclic amines) is 1. The van der Waals surface area contributed by atoms with Gasteiger partial charge in [0.15, 0.2) is 0 Å². The Morgan fingerprint density at radius 1 is 1.21 bits per heavy atom. The van der Waals surface area contributed by atoms with Crippen LogP contribution in [0.1, 0.15) is 38.3 Å². The average Bonchev–Trinajstić information content (AvgIpc) is 3.28. The van der Waals surface area contributed by atoms with Gasteiger partial charge in [-0.05, 0) is 57.9 Å². The number of aryl methyl sites for hydroxylation is 1. The standard InChI is InChI=1S/C22H25ClF3N5O2/c1-12-7-13(30-10-15-8-14(30)11-31(15)20(32)33-21(2,3)4)5-6-17(12)28-19-27-9-16(18(23)29-19)22(24,25)26/h5-7,9,14-15H,8,10-11H2,1-4H3,(H,27,28,29)/t14-,15-/m1/s1. The van der Waals surface area contributed by atoms with E-state index in [-0.39, 0.29) is 24.1 Å². The molecule has 178 valence electrons. The number of hydrogen-bond donors (Lipinski definition) is 1. The van der Waals surface area contributed by atoms with Gasteiger partial charge in [0, 0.05) is 36.7 Å². The minimum Gasteiger partial charge on any atom is -0.444 e. The smallest absolute Gasteiger partial charge is 0.420 e. The summed E-state index contributed by atoms with van der Waals surface area (Å²) < 4.78 is 44.1. The summed E-state index contributed by atoms with van der Waals surface area (Å²) in [6, 6.07) is 6.06. The van der Waals surface area contributed by atoms with Gasteiger partial charge in [-0.2, -0.15) is 13.2 Å². The highest BCUT2D eigenvalue weighted by Gasteiger charge is 2.46. The molecule has 2 aliphatic rings. The third-order valence-corrected chi connectivity index (χ3v) is 5.99. The third kappa shape index (κ3) is 4.95. The largest absolute Gasteiger partial charge is 0.444 e. The molecule has 3 heterocycles. The second kappa shape index (κ2) is 8.23. The molecule has 2 aliphatic heterocycles. The highest BCUT2D eigenvalue weighted by Crippen LogP contribution is 2.37. The summed E-state index contributed by atoms with van der Waals surface area (Å²) in [5.74, 6) is -0.0166. The Morgan fingerprint density at radius 3 is 2.48 bits per heavy atom. The maximum atomic E-state index is 12.9. The number of anilines is 3. The van der Waals surface area contributed by atoms with Crippen LogP contribution in [0.15, 0.2) is 24.4 Å². The van der Waals surface area contributed by atoms with Crippen molar-refractivity contribution in [2.24, 2.45) is 0 Å². The summed E-state index contributed by atoms with van der Waals surface area (Å²) in [5.41, 5.74) is 0.944. The van der Waals surface area contributed by atoms with E-state index in [1.54, 1.807) is 4.90 Å². The van der Waals surface area contributed by atoms with Crippen molar-refractivity contribution >= 4 is 35.0 Å². The number of nitrogens with zero attached hydrogens (tertiary/aromatic N) is 4. The van der Waals surface area contributed by atoms with Crippen LogP contribution in [0.5, 0.6) is 0 Å². The molecule has 0 radical (unpaired) electrons. The molecular weight excluding hydrogens is 459 g/mol. The molecule has 2 atom stereocenters. The first-order chi connectivity index (χ1) is 15.3. The number of alkyl halides is 3. The number of ether oxygens (including phenoxy) is 1. The highest BCUT2D eigenvalue weighted by molar-refractivity contribution is 6.30. The zero-order valence-electron chi connectivity index (χ0n) is 18.7. The zero-order chi connectivity index (χ0) is 24.1. The molecule has 1 N–H and O–H groups in total. The van der Waals surface area contributed by atoms with Crippen LogP contribution in [0.4, 0.5) is 35.3 Å². The van der Waals surface area contributed by atoms with E-state index in [2.05, 4.69) is 20.2 Å². The van der Waals surface area contributed by atoms with Gasteiger partial charge in [0.25, 0.3) is 0 Å². The average molecular weight is 484 g/mol. The van der Waals surface area contributed by atoms with E-state index in [0.29, 0.717) is 25.0 Å². The first-order valence-electron chi connectivity index (χ1n) is 10.6. The van der Waals surface area contributed by atoms with E-state index in [0.717, 1.165) is 17.7 Å². The Hall–Kier alpha value is -2.75. The Balaban J connectivity index is 1.43. The van der Waals surface area contributed by atoms with Crippen molar-refractivity contribution in [2.45, 2.75) is 58.0 Å². The van der Waals surface area contributed by atoms with Gasteiger partial charge in [0.1, 0.15) is 16.3 Å². The van der Waals surface area contributed by atoms with Crippen LogP contribution in [0.2, 0.25) is 5.15 Å². The summed E-state index contributed by atoms with van der Waals surface area (Å²) in [7, 11) is 0. The van der Waals surface area contributed by atoms with Gasteiger partial charge in [0.05, 0.1) is 6.04 Å². The van der Waals surface area contributed by atoms with Crippen LogP contribution in [0.25, 0.3) is 0 Å². The lowest BCUT2D eigenvalue weighted by atomic mass is 10.1. The fraction of sp³-hybridized carbons (Fsp3) is 0.500. The maximum absolute atomic E-state index is 12.9. The summed E-state index contributed by atoms with van der Waals surface area (Å²) in [6.07, 6.45) is -3.34. The molecule has 11 heteroatoms. The fourth-order valence-electron chi connectivity index (χ4n) is 4.23. The summed E-state index contributed by atoms with van der Waals surface area (Å²) in [6.45, 7) is 8.78. The molecule has 2 saturated heterocycles. The number of aromatic nitrogens is 2. The lowest BCUT2D eigenvalue weighted by molar-refractivity contribution is -0.137. The van der Waals surface area contributed by atoms with Crippen LogP contribution in [-0.4, -0.2) is 51.7 Å². The summed E-state index contributed by atoms with van der Waals surface area (Å²) in [4.78, 5) is 24.0. The molecule has 7 nitrogen and oxygen atoms in total. The Labute approximate surface area is 194 Å². The van der Waals surface area contributed by atoms with Crippen molar-refractivity contribution in [3.8, 4) is 0 Å². The third-order valence-electron chi connectivity index (χ3n) is 5.70.